The maximum absolute atomic E-state index is 13.4. The first-order valence-corrected chi connectivity index (χ1v) is 7.55. The minimum atomic E-state index is -1.02. The van der Waals surface area contributed by atoms with Crippen LogP contribution in [0.15, 0.2) is 17.6 Å². The summed E-state index contributed by atoms with van der Waals surface area (Å²) in [4.78, 5) is 0. The van der Waals surface area contributed by atoms with Gasteiger partial charge >= 0.3 is 7.12 Å². The van der Waals surface area contributed by atoms with Gasteiger partial charge in [0.2, 0.25) is 0 Å². The molecule has 1 aromatic carbocycles. The second kappa shape index (κ2) is 5.87. The molecule has 22 heavy (non-hydrogen) atoms. The molecule has 0 aromatic heterocycles. The van der Waals surface area contributed by atoms with Crippen molar-refractivity contribution in [1.29, 1.82) is 0 Å². The third kappa shape index (κ3) is 3.16. The maximum Gasteiger partial charge on any atom is 0.491 e. The minimum absolute atomic E-state index is 0.270. The van der Waals surface area contributed by atoms with Crippen molar-refractivity contribution in [2.45, 2.75) is 38.9 Å². The summed E-state index contributed by atoms with van der Waals surface area (Å²) in [5.74, 6) is -2.71. The molecular weight excluding hydrogens is 309 g/mol. The SMILES string of the molecule is CC1(C)OB(C(=Cc2cc(F)c(O)c(F)c2)CS)OC1(C)C. The summed E-state index contributed by atoms with van der Waals surface area (Å²) < 4.78 is 38.6. The van der Waals surface area contributed by atoms with Gasteiger partial charge in [-0.25, -0.2) is 8.78 Å². The molecule has 0 amide bonds. The van der Waals surface area contributed by atoms with Gasteiger partial charge in [-0.15, -0.1) is 0 Å². The highest BCUT2D eigenvalue weighted by Gasteiger charge is 2.52. The van der Waals surface area contributed by atoms with Gasteiger partial charge in [0.25, 0.3) is 0 Å². The van der Waals surface area contributed by atoms with E-state index in [0.29, 0.717) is 11.2 Å². The van der Waals surface area contributed by atoms with Crippen molar-refractivity contribution in [3.05, 3.63) is 34.8 Å². The third-order valence-electron chi connectivity index (χ3n) is 4.13. The Bertz CT molecular complexity index is 578. The summed E-state index contributed by atoms with van der Waals surface area (Å²) in [6.45, 7) is 7.68. The number of benzene rings is 1. The summed E-state index contributed by atoms with van der Waals surface area (Å²) in [5, 5.41) is 9.14. The topological polar surface area (TPSA) is 38.7 Å². The van der Waals surface area contributed by atoms with E-state index in [4.69, 9.17) is 14.4 Å². The predicted molar refractivity (Wildman–Crippen MR) is 85.9 cm³/mol. The molecule has 0 aliphatic carbocycles. The lowest BCUT2D eigenvalue weighted by Gasteiger charge is -2.32. The molecule has 0 saturated carbocycles. The summed E-state index contributed by atoms with van der Waals surface area (Å²) in [5.41, 5.74) is -0.103. The zero-order valence-electron chi connectivity index (χ0n) is 13.0. The quantitative estimate of drug-likeness (QED) is 0.658. The second-order valence-corrected chi connectivity index (χ2v) is 6.62. The molecule has 0 unspecified atom stereocenters. The van der Waals surface area contributed by atoms with Gasteiger partial charge in [0.15, 0.2) is 17.4 Å². The first-order chi connectivity index (χ1) is 10.1. The second-order valence-electron chi connectivity index (χ2n) is 6.30. The van der Waals surface area contributed by atoms with Crippen LogP contribution in [0.4, 0.5) is 8.78 Å². The van der Waals surface area contributed by atoms with E-state index in [0.717, 1.165) is 12.1 Å². The van der Waals surface area contributed by atoms with Crippen LogP contribution < -0.4 is 0 Å². The van der Waals surface area contributed by atoms with Crippen molar-refractivity contribution < 1.29 is 23.2 Å². The number of phenolic OH excluding ortho intramolecular Hbond substituents is 1. The fraction of sp³-hybridized carbons (Fsp3) is 0.467. The molecule has 1 heterocycles. The van der Waals surface area contributed by atoms with Crippen LogP contribution in [0.25, 0.3) is 6.08 Å². The molecule has 1 N–H and O–H groups in total. The Morgan fingerprint density at radius 2 is 1.64 bits per heavy atom. The standard InChI is InChI=1S/C15H19BF2O3S/c1-14(2)15(3,4)21-16(20-14)10(8-22)5-9-6-11(17)13(19)12(18)7-9/h5-7,19,22H,8H2,1-4H3. The van der Waals surface area contributed by atoms with Crippen LogP contribution in [0.2, 0.25) is 0 Å². The average Bonchev–Trinajstić information content (AvgIpc) is 2.61. The molecule has 1 aromatic rings. The molecule has 3 nitrogen and oxygen atoms in total. The number of aromatic hydroxyl groups is 1. The van der Waals surface area contributed by atoms with Gasteiger partial charge in [-0.2, -0.15) is 12.6 Å². The van der Waals surface area contributed by atoms with Gasteiger partial charge in [0, 0.05) is 5.75 Å². The van der Waals surface area contributed by atoms with E-state index < -0.39 is 35.7 Å². The van der Waals surface area contributed by atoms with Gasteiger partial charge in [-0.3, -0.25) is 0 Å². The zero-order valence-corrected chi connectivity index (χ0v) is 13.9. The highest BCUT2D eigenvalue weighted by atomic mass is 32.1. The molecule has 0 radical (unpaired) electrons. The van der Waals surface area contributed by atoms with Gasteiger partial charge < -0.3 is 14.4 Å². The van der Waals surface area contributed by atoms with Crippen LogP contribution >= 0.6 is 12.6 Å². The van der Waals surface area contributed by atoms with Gasteiger partial charge in [0.1, 0.15) is 0 Å². The summed E-state index contributed by atoms with van der Waals surface area (Å²) in [7, 11) is -0.637. The first kappa shape index (κ1) is 17.3. The minimum Gasteiger partial charge on any atom is -0.503 e. The van der Waals surface area contributed by atoms with Crippen molar-refractivity contribution >= 4 is 25.8 Å². The van der Waals surface area contributed by atoms with Crippen LogP contribution in [0.5, 0.6) is 5.75 Å². The molecule has 7 heteroatoms. The van der Waals surface area contributed by atoms with Crippen LogP contribution in [0.3, 0.4) is 0 Å². The molecule has 1 aliphatic heterocycles. The third-order valence-corrected chi connectivity index (χ3v) is 4.50. The largest absolute Gasteiger partial charge is 0.503 e. The molecule has 0 spiro atoms. The Labute approximate surface area is 134 Å². The van der Waals surface area contributed by atoms with E-state index in [1.165, 1.54) is 0 Å². The summed E-state index contributed by atoms with van der Waals surface area (Å²) >= 11 is 4.24. The molecule has 2 rings (SSSR count). The normalized spacial score (nSPS) is 20.5. The van der Waals surface area contributed by atoms with Gasteiger partial charge in [-0.05, 0) is 50.9 Å². The molecule has 0 bridgehead atoms. The highest BCUT2D eigenvalue weighted by molar-refractivity contribution is 7.80. The molecule has 0 atom stereocenters. The van der Waals surface area contributed by atoms with Gasteiger partial charge in [0.05, 0.1) is 11.2 Å². The lowest BCUT2D eigenvalue weighted by Crippen LogP contribution is -2.41. The van der Waals surface area contributed by atoms with Crippen molar-refractivity contribution in [2.24, 2.45) is 0 Å². The van der Waals surface area contributed by atoms with Crippen molar-refractivity contribution in [2.75, 3.05) is 5.75 Å². The van der Waals surface area contributed by atoms with Gasteiger partial charge in [-0.1, -0.05) is 6.08 Å². The lowest BCUT2D eigenvalue weighted by atomic mass is 9.78. The number of phenols is 1. The maximum atomic E-state index is 13.4. The van der Waals surface area contributed by atoms with E-state index >= 15 is 0 Å². The van der Waals surface area contributed by atoms with E-state index in [2.05, 4.69) is 12.6 Å². The van der Waals surface area contributed by atoms with E-state index in [-0.39, 0.29) is 5.56 Å². The van der Waals surface area contributed by atoms with E-state index in [9.17, 15) is 8.78 Å². The number of hydrogen-bond donors (Lipinski definition) is 2. The fourth-order valence-electron chi connectivity index (χ4n) is 2.07. The predicted octanol–water partition coefficient (Wildman–Crippen LogP) is 3.62. The van der Waals surface area contributed by atoms with Crippen molar-refractivity contribution in [3.63, 3.8) is 0 Å². The fourth-order valence-corrected chi connectivity index (χ4v) is 2.31. The number of rotatable bonds is 3. The van der Waals surface area contributed by atoms with E-state index in [1.54, 1.807) is 6.08 Å². The van der Waals surface area contributed by atoms with Crippen molar-refractivity contribution in [1.82, 2.24) is 0 Å². The lowest BCUT2D eigenvalue weighted by molar-refractivity contribution is 0.00578. The summed E-state index contributed by atoms with van der Waals surface area (Å²) in [6, 6.07) is 2.10. The molecule has 1 aliphatic rings. The van der Waals surface area contributed by atoms with Crippen LogP contribution in [0, 0.1) is 11.6 Å². The Hall–Kier alpha value is -1.05. The number of thiol groups is 1. The monoisotopic (exact) mass is 328 g/mol. The molecule has 1 saturated heterocycles. The Morgan fingerprint density at radius 1 is 1.18 bits per heavy atom. The van der Waals surface area contributed by atoms with Crippen LogP contribution in [-0.2, 0) is 9.31 Å². The molecular formula is C15H19BF2O3S. The Morgan fingerprint density at radius 3 is 2.05 bits per heavy atom. The smallest absolute Gasteiger partial charge is 0.491 e. The average molecular weight is 328 g/mol. The summed E-state index contributed by atoms with van der Waals surface area (Å²) in [6.07, 6.45) is 1.56. The zero-order chi connectivity index (χ0) is 16.7. The molecule has 1 fully saturated rings. The van der Waals surface area contributed by atoms with E-state index in [1.807, 2.05) is 27.7 Å². The Kier molecular flexibility index (Phi) is 4.62. The number of hydrogen-bond acceptors (Lipinski definition) is 4. The first-order valence-electron chi connectivity index (χ1n) is 6.92. The number of halogens is 2. The highest BCUT2D eigenvalue weighted by Crippen LogP contribution is 2.39. The Balaban J connectivity index is 2.34. The van der Waals surface area contributed by atoms with Crippen molar-refractivity contribution in [3.8, 4) is 5.75 Å². The molecule has 120 valence electrons. The van der Waals surface area contributed by atoms with Crippen LogP contribution in [-0.4, -0.2) is 29.2 Å². The van der Waals surface area contributed by atoms with Crippen LogP contribution in [0.1, 0.15) is 33.3 Å².